The summed E-state index contributed by atoms with van der Waals surface area (Å²) in [5, 5.41) is 5.16. The van der Waals surface area contributed by atoms with Crippen molar-refractivity contribution in [2.24, 2.45) is 0 Å². The number of hydrogen-bond donors (Lipinski definition) is 0. The smallest absolute Gasteiger partial charge is 0.163 e. The van der Waals surface area contributed by atoms with E-state index in [0.29, 0.717) is 6.42 Å². The number of thiophene rings is 1. The van der Waals surface area contributed by atoms with Gasteiger partial charge in [0.1, 0.15) is 0 Å². The topological polar surface area (TPSA) is 30.0 Å². The molecule has 2 aromatic heterocycles. The fraction of sp³-hybridized carbons (Fsp3) is 0.125. The first-order chi connectivity index (χ1) is 9.33. The van der Waals surface area contributed by atoms with E-state index < -0.39 is 0 Å². The highest BCUT2D eigenvalue weighted by Crippen LogP contribution is 2.16. The van der Waals surface area contributed by atoms with Crippen LogP contribution in [0.4, 0.5) is 0 Å². The van der Waals surface area contributed by atoms with Crippen molar-refractivity contribution >= 4 is 28.0 Å². The first-order valence-corrected chi connectivity index (χ1v) is 7.16. The molecule has 0 aliphatic carbocycles. The zero-order valence-electron chi connectivity index (χ0n) is 10.4. The quantitative estimate of drug-likeness (QED) is 0.666. The van der Waals surface area contributed by atoms with E-state index in [1.807, 2.05) is 35.7 Å². The summed E-state index contributed by atoms with van der Waals surface area (Å²) in [5.74, 6) is 0.192. The number of carbonyl (C=O) groups is 1. The largest absolute Gasteiger partial charge is 0.294 e. The maximum Gasteiger partial charge on any atom is 0.163 e. The Hall–Kier alpha value is -2.00. The van der Waals surface area contributed by atoms with E-state index in [1.54, 1.807) is 17.5 Å². The van der Waals surface area contributed by atoms with Crippen molar-refractivity contribution in [1.82, 2.24) is 4.98 Å². The van der Waals surface area contributed by atoms with Gasteiger partial charge in [-0.3, -0.25) is 9.78 Å². The Kier molecular flexibility index (Phi) is 3.38. The third-order valence-electron chi connectivity index (χ3n) is 3.15. The molecular weight excluding hydrogens is 254 g/mol. The van der Waals surface area contributed by atoms with Crippen molar-refractivity contribution in [2.75, 3.05) is 0 Å². The van der Waals surface area contributed by atoms with Crippen LogP contribution >= 0.6 is 11.3 Å². The summed E-state index contributed by atoms with van der Waals surface area (Å²) in [6.45, 7) is 0. The van der Waals surface area contributed by atoms with Gasteiger partial charge in [0.05, 0.1) is 5.52 Å². The molecule has 0 saturated heterocycles. The molecule has 19 heavy (non-hydrogen) atoms. The fourth-order valence-electron chi connectivity index (χ4n) is 2.09. The lowest BCUT2D eigenvalue weighted by Crippen LogP contribution is -2.00. The number of pyridine rings is 1. The number of ketones is 1. The van der Waals surface area contributed by atoms with Gasteiger partial charge < -0.3 is 0 Å². The van der Waals surface area contributed by atoms with E-state index >= 15 is 0 Å². The van der Waals surface area contributed by atoms with Crippen molar-refractivity contribution in [1.29, 1.82) is 0 Å². The summed E-state index contributed by atoms with van der Waals surface area (Å²) < 4.78 is 0. The van der Waals surface area contributed by atoms with Gasteiger partial charge in [0.15, 0.2) is 5.78 Å². The molecule has 0 unspecified atom stereocenters. The minimum Gasteiger partial charge on any atom is -0.294 e. The third-order valence-corrected chi connectivity index (χ3v) is 3.88. The number of nitrogens with zero attached hydrogens (tertiary/aromatic N) is 1. The molecule has 0 fully saturated rings. The number of Topliss-reactive ketones (excluding diaryl/α,β-unsaturated/α-hetero) is 1. The summed E-state index contributed by atoms with van der Waals surface area (Å²) in [5.41, 5.74) is 2.94. The molecule has 0 atom stereocenters. The lowest BCUT2D eigenvalue weighted by Gasteiger charge is -2.02. The maximum absolute atomic E-state index is 12.2. The van der Waals surface area contributed by atoms with Gasteiger partial charge in [-0.05, 0) is 53.1 Å². The fourth-order valence-corrected chi connectivity index (χ4v) is 2.79. The number of benzene rings is 1. The molecule has 0 radical (unpaired) electrons. The summed E-state index contributed by atoms with van der Waals surface area (Å²) in [6, 6.07) is 11.7. The molecular formula is C16H13NOS. The lowest BCUT2D eigenvalue weighted by atomic mass is 10.0. The summed E-state index contributed by atoms with van der Waals surface area (Å²) >= 11 is 1.67. The van der Waals surface area contributed by atoms with Crippen molar-refractivity contribution in [3.8, 4) is 0 Å². The van der Waals surface area contributed by atoms with Crippen molar-refractivity contribution in [3.63, 3.8) is 0 Å². The zero-order valence-corrected chi connectivity index (χ0v) is 11.2. The zero-order chi connectivity index (χ0) is 13.1. The number of aromatic nitrogens is 1. The molecule has 94 valence electrons. The van der Waals surface area contributed by atoms with Crippen LogP contribution in [0.25, 0.3) is 10.9 Å². The average Bonchev–Trinajstić information content (AvgIpc) is 2.97. The van der Waals surface area contributed by atoms with Crippen LogP contribution < -0.4 is 0 Å². The highest BCUT2D eigenvalue weighted by Gasteiger charge is 2.07. The van der Waals surface area contributed by atoms with Crippen LogP contribution in [0.2, 0.25) is 0 Å². The third kappa shape index (κ3) is 2.71. The Morgan fingerprint density at radius 3 is 3.00 bits per heavy atom. The van der Waals surface area contributed by atoms with E-state index in [9.17, 15) is 4.79 Å². The molecule has 0 bridgehead atoms. The van der Waals surface area contributed by atoms with Crippen LogP contribution in [0.5, 0.6) is 0 Å². The van der Waals surface area contributed by atoms with E-state index in [1.165, 1.54) is 5.56 Å². The van der Waals surface area contributed by atoms with Gasteiger partial charge in [-0.15, -0.1) is 0 Å². The van der Waals surface area contributed by atoms with Crippen LogP contribution in [0.3, 0.4) is 0 Å². The van der Waals surface area contributed by atoms with Gasteiger partial charge in [-0.1, -0.05) is 6.07 Å². The molecule has 0 aliphatic rings. The van der Waals surface area contributed by atoms with Crippen molar-refractivity contribution < 1.29 is 4.79 Å². The highest BCUT2D eigenvalue weighted by atomic mass is 32.1. The standard InChI is InChI=1S/C16H13NOS/c18-16(6-3-12-7-9-19-11-12)14-4-5-15-13(10-14)2-1-8-17-15/h1-2,4-5,7-11H,3,6H2. The van der Waals surface area contributed by atoms with Crippen LogP contribution in [0, 0.1) is 0 Å². The van der Waals surface area contributed by atoms with Gasteiger partial charge in [0, 0.05) is 23.6 Å². The Bertz CT molecular complexity index is 704. The molecule has 0 aliphatic heterocycles. The molecule has 0 saturated carbocycles. The molecule has 0 amide bonds. The van der Waals surface area contributed by atoms with E-state index in [0.717, 1.165) is 22.9 Å². The van der Waals surface area contributed by atoms with Gasteiger partial charge in [-0.2, -0.15) is 11.3 Å². The molecule has 2 heterocycles. The van der Waals surface area contributed by atoms with Crippen LogP contribution in [-0.4, -0.2) is 10.8 Å². The molecule has 1 aromatic carbocycles. The van der Waals surface area contributed by atoms with E-state index in [2.05, 4.69) is 16.4 Å². The van der Waals surface area contributed by atoms with Crippen LogP contribution in [0.1, 0.15) is 22.3 Å². The minimum absolute atomic E-state index is 0.192. The van der Waals surface area contributed by atoms with E-state index in [4.69, 9.17) is 0 Å². The van der Waals surface area contributed by atoms with Gasteiger partial charge in [0.2, 0.25) is 0 Å². The predicted molar refractivity (Wildman–Crippen MR) is 78.7 cm³/mol. The second-order valence-corrected chi connectivity index (χ2v) is 5.25. The SMILES string of the molecule is O=C(CCc1ccsc1)c1ccc2ncccc2c1. The Balaban J connectivity index is 1.77. The second kappa shape index (κ2) is 5.33. The van der Waals surface area contributed by atoms with Gasteiger partial charge >= 0.3 is 0 Å². The monoisotopic (exact) mass is 267 g/mol. The summed E-state index contributed by atoms with van der Waals surface area (Å²) in [7, 11) is 0. The Morgan fingerprint density at radius 2 is 2.16 bits per heavy atom. The average molecular weight is 267 g/mol. The van der Waals surface area contributed by atoms with Crippen molar-refractivity contribution in [3.05, 3.63) is 64.5 Å². The maximum atomic E-state index is 12.2. The highest BCUT2D eigenvalue weighted by molar-refractivity contribution is 7.07. The van der Waals surface area contributed by atoms with E-state index in [-0.39, 0.29) is 5.78 Å². The first kappa shape index (κ1) is 12.1. The second-order valence-electron chi connectivity index (χ2n) is 4.47. The lowest BCUT2D eigenvalue weighted by molar-refractivity contribution is 0.0983. The van der Waals surface area contributed by atoms with Crippen LogP contribution in [0.15, 0.2) is 53.4 Å². The summed E-state index contributed by atoms with van der Waals surface area (Å²) in [4.78, 5) is 16.4. The summed E-state index contributed by atoms with van der Waals surface area (Å²) in [6.07, 6.45) is 3.14. The molecule has 3 aromatic rings. The number of carbonyl (C=O) groups excluding carboxylic acids is 1. The molecule has 3 rings (SSSR count). The van der Waals surface area contributed by atoms with Gasteiger partial charge in [0.25, 0.3) is 0 Å². The normalized spacial score (nSPS) is 10.7. The predicted octanol–water partition coefficient (Wildman–Crippen LogP) is 4.11. The number of aryl methyl sites for hydroxylation is 1. The Morgan fingerprint density at radius 1 is 1.21 bits per heavy atom. The minimum atomic E-state index is 0.192. The Labute approximate surface area is 115 Å². The molecule has 0 spiro atoms. The first-order valence-electron chi connectivity index (χ1n) is 6.22. The van der Waals surface area contributed by atoms with Gasteiger partial charge in [-0.25, -0.2) is 0 Å². The van der Waals surface area contributed by atoms with Crippen molar-refractivity contribution in [2.45, 2.75) is 12.8 Å². The van der Waals surface area contributed by atoms with Crippen LogP contribution in [-0.2, 0) is 6.42 Å². The molecule has 2 nitrogen and oxygen atoms in total. The molecule has 3 heteroatoms. The molecule has 0 N–H and O–H groups in total. The number of fused-ring (bicyclic) bond motifs is 1. The number of rotatable bonds is 4. The number of hydrogen-bond acceptors (Lipinski definition) is 3.